The molecule has 0 heteroatoms. The van der Waals surface area contributed by atoms with Crippen LogP contribution in [0.4, 0.5) is 0 Å². The van der Waals surface area contributed by atoms with Crippen LogP contribution in [0.3, 0.4) is 0 Å². The first kappa shape index (κ1) is 9.34. The van der Waals surface area contributed by atoms with E-state index in [4.69, 9.17) is 0 Å². The SMILES string of the molecule is Cc1cc(C)c(C#CC2CC2)cc1C. The van der Waals surface area contributed by atoms with Crippen molar-refractivity contribution < 1.29 is 0 Å². The summed E-state index contributed by atoms with van der Waals surface area (Å²) < 4.78 is 0. The zero-order valence-electron chi connectivity index (χ0n) is 9.15. The molecule has 1 saturated carbocycles. The number of hydrogen-bond acceptors (Lipinski definition) is 0. The molecule has 1 aliphatic carbocycles. The molecule has 0 spiro atoms. The third-order valence-corrected chi connectivity index (χ3v) is 2.83. The van der Waals surface area contributed by atoms with Crippen LogP contribution < -0.4 is 0 Å². The van der Waals surface area contributed by atoms with E-state index in [9.17, 15) is 0 Å². The molecule has 0 radical (unpaired) electrons. The van der Waals surface area contributed by atoms with Crippen molar-refractivity contribution in [1.82, 2.24) is 0 Å². The van der Waals surface area contributed by atoms with Crippen LogP contribution in [-0.4, -0.2) is 0 Å². The van der Waals surface area contributed by atoms with Crippen LogP contribution in [0.2, 0.25) is 0 Å². The highest BCUT2D eigenvalue weighted by Crippen LogP contribution is 2.27. The van der Waals surface area contributed by atoms with E-state index in [1.807, 2.05) is 0 Å². The Labute approximate surface area is 86.3 Å². The number of benzene rings is 1. The van der Waals surface area contributed by atoms with Gasteiger partial charge in [-0.05, 0) is 56.4 Å². The Morgan fingerprint density at radius 1 is 1.00 bits per heavy atom. The largest absolute Gasteiger partial charge is 0.0945 e. The van der Waals surface area contributed by atoms with Crippen molar-refractivity contribution in [3.8, 4) is 11.8 Å². The van der Waals surface area contributed by atoms with Gasteiger partial charge in [0.25, 0.3) is 0 Å². The molecule has 0 bridgehead atoms. The molecule has 1 aromatic carbocycles. The summed E-state index contributed by atoms with van der Waals surface area (Å²) in [5.74, 6) is 7.29. The fraction of sp³-hybridized carbons (Fsp3) is 0.429. The van der Waals surface area contributed by atoms with Crippen LogP contribution in [0.5, 0.6) is 0 Å². The lowest BCUT2D eigenvalue weighted by Gasteiger charge is -2.03. The van der Waals surface area contributed by atoms with Crippen LogP contribution in [0.15, 0.2) is 12.1 Å². The molecule has 2 rings (SSSR count). The monoisotopic (exact) mass is 184 g/mol. The lowest BCUT2D eigenvalue weighted by molar-refractivity contribution is 1.18. The molecule has 0 unspecified atom stereocenters. The van der Waals surface area contributed by atoms with Gasteiger partial charge in [0.2, 0.25) is 0 Å². The van der Waals surface area contributed by atoms with Crippen LogP contribution in [0.1, 0.15) is 35.1 Å². The minimum absolute atomic E-state index is 0.691. The quantitative estimate of drug-likeness (QED) is 0.542. The second-order valence-electron chi connectivity index (χ2n) is 4.29. The topological polar surface area (TPSA) is 0 Å². The Hall–Kier alpha value is -1.22. The summed E-state index contributed by atoms with van der Waals surface area (Å²) in [6, 6.07) is 4.44. The van der Waals surface area contributed by atoms with Crippen LogP contribution >= 0.6 is 0 Å². The van der Waals surface area contributed by atoms with Gasteiger partial charge in [-0.1, -0.05) is 17.9 Å². The highest BCUT2D eigenvalue weighted by Gasteiger charge is 2.17. The third-order valence-electron chi connectivity index (χ3n) is 2.83. The van der Waals surface area contributed by atoms with Crippen molar-refractivity contribution in [2.75, 3.05) is 0 Å². The Balaban J connectivity index is 2.33. The molecule has 0 N–H and O–H groups in total. The zero-order chi connectivity index (χ0) is 10.1. The lowest BCUT2D eigenvalue weighted by Crippen LogP contribution is -1.88. The highest BCUT2D eigenvalue weighted by atomic mass is 14.2. The second-order valence-corrected chi connectivity index (χ2v) is 4.29. The summed E-state index contributed by atoms with van der Waals surface area (Å²) in [5, 5.41) is 0. The van der Waals surface area contributed by atoms with Gasteiger partial charge in [0.15, 0.2) is 0 Å². The maximum Gasteiger partial charge on any atom is 0.0277 e. The normalized spacial score (nSPS) is 14.8. The number of rotatable bonds is 0. The zero-order valence-corrected chi connectivity index (χ0v) is 9.15. The van der Waals surface area contributed by atoms with E-state index in [0.29, 0.717) is 5.92 Å². The van der Waals surface area contributed by atoms with E-state index in [2.05, 4.69) is 44.7 Å². The fourth-order valence-electron chi connectivity index (χ4n) is 1.50. The first-order chi connectivity index (χ1) is 6.66. The maximum absolute atomic E-state index is 3.31. The number of hydrogen-bond donors (Lipinski definition) is 0. The summed E-state index contributed by atoms with van der Waals surface area (Å²) >= 11 is 0. The molecular weight excluding hydrogens is 168 g/mol. The first-order valence-electron chi connectivity index (χ1n) is 5.26. The molecule has 1 aliphatic rings. The van der Waals surface area contributed by atoms with Crippen LogP contribution in [-0.2, 0) is 0 Å². The first-order valence-corrected chi connectivity index (χ1v) is 5.26. The summed E-state index contributed by atoms with van der Waals surface area (Å²) in [7, 11) is 0. The summed E-state index contributed by atoms with van der Waals surface area (Å²) in [6.45, 7) is 6.45. The van der Waals surface area contributed by atoms with Gasteiger partial charge >= 0.3 is 0 Å². The summed E-state index contributed by atoms with van der Waals surface area (Å²) in [6.07, 6.45) is 2.60. The van der Waals surface area contributed by atoms with Crippen molar-refractivity contribution in [2.45, 2.75) is 33.6 Å². The molecule has 0 heterocycles. The standard InChI is InChI=1S/C14H16/c1-10-8-12(3)14(9-11(10)2)7-6-13-4-5-13/h8-9,13H,4-5H2,1-3H3. The van der Waals surface area contributed by atoms with E-state index in [1.165, 1.54) is 35.1 Å². The van der Waals surface area contributed by atoms with Gasteiger partial charge in [-0.2, -0.15) is 0 Å². The molecule has 14 heavy (non-hydrogen) atoms. The van der Waals surface area contributed by atoms with Crippen molar-refractivity contribution >= 4 is 0 Å². The van der Waals surface area contributed by atoms with Crippen LogP contribution in [0, 0.1) is 38.5 Å². The average Bonchev–Trinajstić information content (AvgIpc) is 2.92. The van der Waals surface area contributed by atoms with E-state index in [-0.39, 0.29) is 0 Å². The molecule has 0 nitrogen and oxygen atoms in total. The summed E-state index contributed by atoms with van der Waals surface area (Å²) in [4.78, 5) is 0. The Kier molecular flexibility index (Phi) is 2.33. The van der Waals surface area contributed by atoms with Gasteiger partial charge in [-0.15, -0.1) is 0 Å². The second kappa shape index (κ2) is 3.50. The lowest BCUT2D eigenvalue weighted by atomic mass is 10.0. The predicted octanol–water partition coefficient (Wildman–Crippen LogP) is 3.37. The van der Waals surface area contributed by atoms with E-state index in [1.54, 1.807) is 0 Å². The molecule has 0 saturated heterocycles. The summed E-state index contributed by atoms with van der Waals surface area (Å²) in [5.41, 5.74) is 5.22. The third kappa shape index (κ3) is 1.99. The molecule has 1 aromatic rings. The van der Waals surface area contributed by atoms with Crippen molar-refractivity contribution in [3.05, 3.63) is 34.4 Å². The van der Waals surface area contributed by atoms with E-state index >= 15 is 0 Å². The van der Waals surface area contributed by atoms with Crippen molar-refractivity contribution in [1.29, 1.82) is 0 Å². The van der Waals surface area contributed by atoms with Crippen LogP contribution in [0.25, 0.3) is 0 Å². The Morgan fingerprint density at radius 3 is 2.29 bits per heavy atom. The van der Waals surface area contributed by atoms with E-state index < -0.39 is 0 Å². The maximum atomic E-state index is 3.31. The van der Waals surface area contributed by atoms with Gasteiger partial charge in [0.05, 0.1) is 0 Å². The smallest absolute Gasteiger partial charge is 0.0277 e. The van der Waals surface area contributed by atoms with E-state index in [0.717, 1.165) is 0 Å². The minimum atomic E-state index is 0.691. The molecule has 0 aliphatic heterocycles. The molecule has 0 atom stereocenters. The fourth-order valence-corrected chi connectivity index (χ4v) is 1.50. The van der Waals surface area contributed by atoms with Gasteiger partial charge in [0.1, 0.15) is 0 Å². The molecule has 0 amide bonds. The molecule has 72 valence electrons. The Morgan fingerprint density at radius 2 is 1.64 bits per heavy atom. The Bertz CT molecular complexity index is 412. The average molecular weight is 184 g/mol. The minimum Gasteiger partial charge on any atom is -0.0945 e. The van der Waals surface area contributed by atoms with Gasteiger partial charge in [0, 0.05) is 11.5 Å². The predicted molar refractivity (Wildman–Crippen MR) is 60.3 cm³/mol. The van der Waals surface area contributed by atoms with Gasteiger partial charge in [-0.25, -0.2) is 0 Å². The molecule has 1 fully saturated rings. The van der Waals surface area contributed by atoms with Gasteiger partial charge in [-0.3, -0.25) is 0 Å². The highest BCUT2D eigenvalue weighted by molar-refractivity contribution is 5.46. The van der Waals surface area contributed by atoms with Crippen molar-refractivity contribution in [2.24, 2.45) is 5.92 Å². The molecule has 0 aromatic heterocycles. The number of aryl methyl sites for hydroxylation is 3. The van der Waals surface area contributed by atoms with Crippen molar-refractivity contribution in [3.63, 3.8) is 0 Å². The molecular formula is C14H16. The van der Waals surface area contributed by atoms with Gasteiger partial charge < -0.3 is 0 Å².